The van der Waals surface area contributed by atoms with Crippen molar-refractivity contribution < 1.29 is 22.8 Å². The molecule has 1 aliphatic heterocycles. The fraction of sp³-hybridized carbons (Fsp3) is 0.214. The summed E-state index contributed by atoms with van der Waals surface area (Å²) < 4.78 is 42.7. The Morgan fingerprint density at radius 1 is 0.944 bits per heavy atom. The quantitative estimate of drug-likeness (QED) is 0.408. The number of carbonyl (C=O) groups is 2. The monoisotopic (exact) mass is 491 g/mol. The van der Waals surface area contributed by atoms with Gasteiger partial charge in [-0.15, -0.1) is 0 Å². The van der Waals surface area contributed by atoms with E-state index < -0.39 is 18.0 Å². The molecule has 2 amide bonds. The highest BCUT2D eigenvalue weighted by molar-refractivity contribution is 6.08. The summed E-state index contributed by atoms with van der Waals surface area (Å²) in [5.74, 6) is -2.69. The number of benzene rings is 3. The Morgan fingerprint density at radius 3 is 2.28 bits per heavy atom. The number of rotatable bonds is 6. The Labute approximate surface area is 206 Å². The molecule has 0 radical (unpaired) electrons. The molecule has 1 aromatic heterocycles. The minimum Gasteiger partial charge on any atom is -0.351 e. The van der Waals surface area contributed by atoms with Crippen molar-refractivity contribution in [2.75, 3.05) is 13.1 Å². The SMILES string of the molecule is O=C1NCC(CN(Cc2ccccc2)C(=O)C(F)(F)F)c2cn(Cc3ccccc3)c3cccc1c23. The molecule has 0 aliphatic carbocycles. The van der Waals surface area contributed by atoms with Gasteiger partial charge in [-0.3, -0.25) is 9.59 Å². The largest absolute Gasteiger partial charge is 0.471 e. The first-order valence-electron chi connectivity index (χ1n) is 11.6. The molecule has 3 aromatic carbocycles. The third-order valence-electron chi connectivity index (χ3n) is 6.51. The van der Waals surface area contributed by atoms with E-state index in [0.717, 1.165) is 21.5 Å². The second-order valence-electron chi connectivity index (χ2n) is 8.97. The minimum absolute atomic E-state index is 0.119. The van der Waals surface area contributed by atoms with Crippen LogP contribution in [0, 0.1) is 0 Å². The lowest BCUT2D eigenvalue weighted by Gasteiger charge is -2.28. The lowest BCUT2D eigenvalue weighted by molar-refractivity contribution is -0.186. The maximum absolute atomic E-state index is 13.5. The maximum atomic E-state index is 13.5. The minimum atomic E-state index is -5.00. The zero-order valence-corrected chi connectivity index (χ0v) is 19.3. The van der Waals surface area contributed by atoms with Gasteiger partial charge >= 0.3 is 12.1 Å². The summed E-state index contributed by atoms with van der Waals surface area (Å²) in [5.41, 5.74) is 3.71. The van der Waals surface area contributed by atoms with E-state index in [4.69, 9.17) is 0 Å². The molecule has 8 heteroatoms. The summed E-state index contributed by atoms with van der Waals surface area (Å²) in [4.78, 5) is 26.2. The fourth-order valence-electron chi connectivity index (χ4n) is 4.85. The Bertz CT molecular complexity index is 1400. The molecular formula is C28H24F3N3O2. The standard InChI is InChI=1S/C28H24F3N3O2/c29-28(30,31)27(36)34(16-20-10-5-2-6-11-20)17-21-14-32-26(35)22-12-7-13-24-25(22)23(21)18-33(24)15-19-8-3-1-4-9-19/h1-13,18,21H,14-17H2,(H,32,35). The maximum Gasteiger partial charge on any atom is 0.471 e. The lowest BCUT2D eigenvalue weighted by Crippen LogP contribution is -2.44. The molecule has 2 heterocycles. The zero-order chi connectivity index (χ0) is 25.3. The summed E-state index contributed by atoms with van der Waals surface area (Å²) in [6.45, 7) is 0.296. The Kier molecular flexibility index (Phi) is 6.26. The topological polar surface area (TPSA) is 54.3 Å². The summed E-state index contributed by atoms with van der Waals surface area (Å²) in [6, 6.07) is 23.8. The van der Waals surface area contributed by atoms with Crippen molar-refractivity contribution in [1.82, 2.24) is 14.8 Å². The van der Waals surface area contributed by atoms with Gasteiger partial charge in [-0.2, -0.15) is 13.2 Å². The van der Waals surface area contributed by atoms with Crippen molar-refractivity contribution in [2.24, 2.45) is 0 Å². The molecular weight excluding hydrogens is 467 g/mol. The van der Waals surface area contributed by atoms with Crippen molar-refractivity contribution in [1.29, 1.82) is 0 Å². The Hall–Kier alpha value is -4.07. The van der Waals surface area contributed by atoms with Gasteiger partial charge in [0, 0.05) is 54.8 Å². The second kappa shape index (κ2) is 9.53. The van der Waals surface area contributed by atoms with E-state index in [1.807, 2.05) is 47.2 Å². The average molecular weight is 492 g/mol. The average Bonchev–Trinajstić information content (AvgIpc) is 3.17. The van der Waals surface area contributed by atoms with E-state index >= 15 is 0 Å². The van der Waals surface area contributed by atoms with Gasteiger partial charge in [-0.05, 0) is 28.8 Å². The summed E-state index contributed by atoms with van der Waals surface area (Å²) in [7, 11) is 0. The molecule has 4 aromatic rings. The van der Waals surface area contributed by atoms with E-state index in [1.165, 1.54) is 0 Å². The number of amides is 2. The van der Waals surface area contributed by atoms with Crippen LogP contribution >= 0.6 is 0 Å². The molecule has 36 heavy (non-hydrogen) atoms. The first kappa shape index (κ1) is 23.7. The van der Waals surface area contributed by atoms with Crippen molar-refractivity contribution in [3.63, 3.8) is 0 Å². The molecule has 1 atom stereocenters. The van der Waals surface area contributed by atoms with Crippen LogP contribution in [-0.4, -0.2) is 40.5 Å². The van der Waals surface area contributed by atoms with Gasteiger partial charge in [0.05, 0.1) is 0 Å². The molecule has 5 nitrogen and oxygen atoms in total. The number of nitrogens with one attached hydrogen (secondary N) is 1. The van der Waals surface area contributed by atoms with E-state index in [9.17, 15) is 22.8 Å². The number of hydrogen-bond donors (Lipinski definition) is 1. The molecule has 1 unspecified atom stereocenters. The third-order valence-corrected chi connectivity index (χ3v) is 6.51. The molecule has 184 valence electrons. The highest BCUT2D eigenvalue weighted by atomic mass is 19.4. The fourth-order valence-corrected chi connectivity index (χ4v) is 4.85. The molecule has 1 N–H and O–H groups in total. The first-order chi connectivity index (χ1) is 17.3. The van der Waals surface area contributed by atoms with Crippen molar-refractivity contribution >= 4 is 22.7 Å². The molecule has 0 bridgehead atoms. The number of carbonyl (C=O) groups excluding carboxylic acids is 2. The van der Waals surface area contributed by atoms with Crippen LogP contribution < -0.4 is 5.32 Å². The van der Waals surface area contributed by atoms with Gasteiger partial charge in [0.1, 0.15) is 0 Å². The zero-order valence-electron chi connectivity index (χ0n) is 19.3. The molecule has 5 rings (SSSR count). The Morgan fingerprint density at radius 2 is 1.61 bits per heavy atom. The van der Waals surface area contributed by atoms with Gasteiger partial charge in [0.15, 0.2) is 0 Å². The summed E-state index contributed by atoms with van der Waals surface area (Å²) in [6.07, 6.45) is -3.10. The predicted octanol–water partition coefficient (Wildman–Crippen LogP) is 5.11. The lowest BCUT2D eigenvalue weighted by atomic mass is 9.96. The van der Waals surface area contributed by atoms with Crippen LogP contribution in [0.1, 0.15) is 33.0 Å². The van der Waals surface area contributed by atoms with E-state index in [-0.39, 0.29) is 25.5 Å². The van der Waals surface area contributed by atoms with Crippen molar-refractivity contribution in [3.05, 3.63) is 107 Å². The number of nitrogens with zero attached hydrogens (tertiary/aromatic N) is 2. The number of hydrogen-bond acceptors (Lipinski definition) is 2. The highest BCUT2D eigenvalue weighted by Crippen LogP contribution is 2.34. The first-order valence-corrected chi connectivity index (χ1v) is 11.6. The van der Waals surface area contributed by atoms with E-state index in [1.54, 1.807) is 42.5 Å². The number of alkyl halides is 3. The van der Waals surface area contributed by atoms with Gasteiger partial charge in [0.2, 0.25) is 0 Å². The third kappa shape index (κ3) is 4.71. The van der Waals surface area contributed by atoms with Gasteiger partial charge in [-0.1, -0.05) is 66.7 Å². The molecule has 1 aliphatic rings. The predicted molar refractivity (Wildman–Crippen MR) is 130 cm³/mol. The van der Waals surface area contributed by atoms with Gasteiger partial charge < -0.3 is 14.8 Å². The highest BCUT2D eigenvalue weighted by Gasteiger charge is 2.43. The van der Waals surface area contributed by atoms with Crippen LogP contribution in [0.3, 0.4) is 0 Å². The molecule has 0 saturated carbocycles. The van der Waals surface area contributed by atoms with Crippen LogP contribution in [0.25, 0.3) is 10.9 Å². The molecule has 0 saturated heterocycles. The second-order valence-corrected chi connectivity index (χ2v) is 8.97. The van der Waals surface area contributed by atoms with Crippen LogP contribution in [0.2, 0.25) is 0 Å². The van der Waals surface area contributed by atoms with Gasteiger partial charge in [-0.25, -0.2) is 0 Å². The van der Waals surface area contributed by atoms with Gasteiger partial charge in [0.25, 0.3) is 5.91 Å². The van der Waals surface area contributed by atoms with Crippen LogP contribution in [-0.2, 0) is 17.9 Å². The number of aromatic nitrogens is 1. The van der Waals surface area contributed by atoms with Crippen molar-refractivity contribution in [3.8, 4) is 0 Å². The van der Waals surface area contributed by atoms with Crippen LogP contribution in [0.4, 0.5) is 13.2 Å². The van der Waals surface area contributed by atoms with Crippen molar-refractivity contribution in [2.45, 2.75) is 25.2 Å². The van der Waals surface area contributed by atoms with E-state index in [2.05, 4.69) is 5.32 Å². The van der Waals surface area contributed by atoms with Crippen LogP contribution in [0.5, 0.6) is 0 Å². The molecule has 0 fully saturated rings. The molecule has 0 spiro atoms. The smallest absolute Gasteiger partial charge is 0.351 e. The van der Waals surface area contributed by atoms with Crippen LogP contribution in [0.15, 0.2) is 85.1 Å². The number of halogens is 3. The Balaban J connectivity index is 1.55. The normalized spacial score (nSPS) is 15.4. The summed E-state index contributed by atoms with van der Waals surface area (Å²) in [5, 5.41) is 3.55. The summed E-state index contributed by atoms with van der Waals surface area (Å²) >= 11 is 0. The van der Waals surface area contributed by atoms with E-state index in [0.29, 0.717) is 23.1 Å².